The predicted molar refractivity (Wildman–Crippen MR) is 230 cm³/mol. The van der Waals surface area contributed by atoms with Crippen LogP contribution in [0.2, 0.25) is 0 Å². The summed E-state index contributed by atoms with van der Waals surface area (Å²) in [5.41, 5.74) is 16.4. The molecule has 0 unspecified atom stereocenters. The average molecular weight is 699 g/mol. The van der Waals surface area contributed by atoms with Crippen molar-refractivity contribution < 1.29 is 4.42 Å². The molecule has 9 aromatic carbocycles. The van der Waals surface area contributed by atoms with Crippen LogP contribution in [0.1, 0.15) is 0 Å². The van der Waals surface area contributed by atoms with E-state index < -0.39 is 0 Å². The SMILES string of the molecule is c1ccc(-c2ccc(-n3c4ccccc4c4ccc5c6c7oc8ccccc8c7ccc6n(-c6ccc7c8c(cccc68)-c6ccccc6-7)c5c43)cc2)cc1. The fourth-order valence-corrected chi connectivity index (χ4v) is 9.75. The molecule has 254 valence electrons. The zero-order valence-corrected chi connectivity index (χ0v) is 29.6. The number of nitrogens with zero attached hydrogens (tertiary/aromatic N) is 2. The molecule has 0 saturated heterocycles. The minimum atomic E-state index is 0.905. The molecule has 3 heteroatoms. The molecule has 55 heavy (non-hydrogen) atoms. The Morgan fingerprint density at radius 2 is 0.964 bits per heavy atom. The van der Waals surface area contributed by atoms with E-state index in [1.54, 1.807) is 0 Å². The largest absolute Gasteiger partial charge is 0.455 e. The van der Waals surface area contributed by atoms with Crippen molar-refractivity contribution in [2.75, 3.05) is 0 Å². The molecule has 13 rings (SSSR count). The van der Waals surface area contributed by atoms with Gasteiger partial charge in [0.15, 0.2) is 0 Å². The number of furan rings is 1. The lowest BCUT2D eigenvalue weighted by Crippen LogP contribution is -1.99. The summed E-state index contributed by atoms with van der Waals surface area (Å²) in [6.45, 7) is 0. The first-order chi connectivity index (χ1) is 27.3. The van der Waals surface area contributed by atoms with E-state index >= 15 is 0 Å². The zero-order valence-electron chi connectivity index (χ0n) is 29.6. The van der Waals surface area contributed by atoms with E-state index in [1.807, 2.05) is 0 Å². The van der Waals surface area contributed by atoms with Crippen molar-refractivity contribution in [3.63, 3.8) is 0 Å². The topological polar surface area (TPSA) is 23.0 Å². The molecule has 0 bridgehead atoms. The van der Waals surface area contributed by atoms with Gasteiger partial charge < -0.3 is 13.6 Å². The lowest BCUT2D eigenvalue weighted by Gasteiger charge is -2.15. The fraction of sp³-hybridized carbons (Fsp3) is 0. The van der Waals surface area contributed by atoms with Crippen molar-refractivity contribution in [1.82, 2.24) is 9.13 Å². The third-order valence-electron chi connectivity index (χ3n) is 12.1. The van der Waals surface area contributed by atoms with Gasteiger partial charge in [0.2, 0.25) is 0 Å². The summed E-state index contributed by atoms with van der Waals surface area (Å²) in [6, 6.07) is 66.4. The molecule has 0 aliphatic heterocycles. The highest BCUT2D eigenvalue weighted by molar-refractivity contribution is 6.30. The van der Waals surface area contributed by atoms with Crippen molar-refractivity contribution in [3.05, 3.63) is 182 Å². The van der Waals surface area contributed by atoms with E-state index in [4.69, 9.17) is 4.42 Å². The molecule has 1 aliphatic carbocycles. The number of rotatable bonds is 3. The Balaban J connectivity index is 1.22. The maximum Gasteiger partial charge on any atom is 0.145 e. The van der Waals surface area contributed by atoms with Gasteiger partial charge in [-0.05, 0) is 81.2 Å². The Bertz CT molecular complexity index is 3550. The van der Waals surface area contributed by atoms with Crippen molar-refractivity contribution in [3.8, 4) is 44.8 Å². The first-order valence-corrected chi connectivity index (χ1v) is 18.9. The second-order valence-corrected chi connectivity index (χ2v) is 14.8. The van der Waals surface area contributed by atoms with Gasteiger partial charge in [-0.15, -0.1) is 0 Å². The van der Waals surface area contributed by atoms with Crippen molar-refractivity contribution in [2.45, 2.75) is 0 Å². The van der Waals surface area contributed by atoms with E-state index in [-0.39, 0.29) is 0 Å². The third-order valence-corrected chi connectivity index (χ3v) is 12.1. The van der Waals surface area contributed by atoms with Crippen LogP contribution in [0.5, 0.6) is 0 Å². The number of benzene rings is 9. The lowest BCUT2D eigenvalue weighted by molar-refractivity contribution is 0.673. The van der Waals surface area contributed by atoms with Crippen LogP contribution in [0.15, 0.2) is 186 Å². The highest BCUT2D eigenvalue weighted by Gasteiger charge is 2.27. The summed E-state index contributed by atoms with van der Waals surface area (Å²) in [5.74, 6) is 0. The van der Waals surface area contributed by atoms with Gasteiger partial charge in [-0.2, -0.15) is 0 Å². The average Bonchev–Trinajstić information content (AvgIpc) is 3.99. The van der Waals surface area contributed by atoms with Gasteiger partial charge in [0.05, 0.1) is 33.1 Å². The van der Waals surface area contributed by atoms with Crippen molar-refractivity contribution in [2.24, 2.45) is 0 Å². The maximum absolute atomic E-state index is 6.82. The normalized spacial score (nSPS) is 12.4. The van der Waals surface area contributed by atoms with Crippen LogP contribution < -0.4 is 0 Å². The van der Waals surface area contributed by atoms with Crippen LogP contribution in [-0.2, 0) is 0 Å². The van der Waals surface area contributed by atoms with Gasteiger partial charge in [-0.3, -0.25) is 0 Å². The number of hydrogen-bond donors (Lipinski definition) is 0. The van der Waals surface area contributed by atoms with E-state index in [2.05, 4.69) is 191 Å². The summed E-state index contributed by atoms with van der Waals surface area (Å²) in [6.07, 6.45) is 0. The monoisotopic (exact) mass is 698 g/mol. The minimum Gasteiger partial charge on any atom is -0.455 e. The Morgan fingerprint density at radius 3 is 1.82 bits per heavy atom. The molecular formula is C52H30N2O. The van der Waals surface area contributed by atoms with E-state index in [1.165, 1.54) is 76.9 Å². The Kier molecular flexibility index (Phi) is 5.63. The molecular weight excluding hydrogens is 669 g/mol. The Hall–Kier alpha value is -7.36. The first-order valence-electron chi connectivity index (χ1n) is 18.9. The van der Waals surface area contributed by atoms with Gasteiger partial charge in [0.25, 0.3) is 0 Å². The van der Waals surface area contributed by atoms with Crippen LogP contribution >= 0.6 is 0 Å². The van der Waals surface area contributed by atoms with Crippen molar-refractivity contribution >= 4 is 76.3 Å². The molecule has 1 aliphatic rings. The molecule has 12 aromatic rings. The van der Waals surface area contributed by atoms with Crippen molar-refractivity contribution in [1.29, 1.82) is 0 Å². The number of aromatic nitrogens is 2. The number of fused-ring (bicyclic) bond motifs is 14. The fourth-order valence-electron chi connectivity index (χ4n) is 9.75. The molecule has 0 fully saturated rings. The number of hydrogen-bond acceptors (Lipinski definition) is 1. The summed E-state index contributed by atoms with van der Waals surface area (Å²) in [5, 5.41) is 9.57. The molecule has 3 nitrogen and oxygen atoms in total. The highest BCUT2D eigenvalue weighted by Crippen LogP contribution is 2.51. The maximum atomic E-state index is 6.82. The van der Waals surface area contributed by atoms with Gasteiger partial charge in [-0.1, -0.05) is 140 Å². The van der Waals surface area contributed by atoms with Gasteiger partial charge >= 0.3 is 0 Å². The first kappa shape index (κ1) is 29.1. The molecule has 0 amide bonds. The highest BCUT2D eigenvalue weighted by atomic mass is 16.3. The Morgan fingerprint density at radius 1 is 0.327 bits per heavy atom. The smallest absolute Gasteiger partial charge is 0.145 e. The summed E-state index contributed by atoms with van der Waals surface area (Å²) in [7, 11) is 0. The zero-order chi connectivity index (χ0) is 35.8. The van der Waals surface area contributed by atoms with E-state index in [0.29, 0.717) is 0 Å². The van der Waals surface area contributed by atoms with Gasteiger partial charge in [0.1, 0.15) is 11.2 Å². The quantitative estimate of drug-likeness (QED) is 0.180. The molecule has 0 spiro atoms. The second-order valence-electron chi connectivity index (χ2n) is 14.8. The Labute approximate surface area is 315 Å². The molecule has 3 heterocycles. The van der Waals surface area contributed by atoms with E-state index in [0.717, 1.165) is 44.2 Å². The van der Waals surface area contributed by atoms with Crippen LogP contribution in [0.25, 0.3) is 121 Å². The summed E-state index contributed by atoms with van der Waals surface area (Å²) in [4.78, 5) is 0. The van der Waals surface area contributed by atoms with Crippen LogP contribution in [0.3, 0.4) is 0 Å². The molecule has 0 N–H and O–H groups in total. The minimum absolute atomic E-state index is 0.905. The van der Waals surface area contributed by atoms with E-state index in [9.17, 15) is 0 Å². The molecule has 0 atom stereocenters. The predicted octanol–water partition coefficient (Wildman–Crippen LogP) is 14.2. The lowest BCUT2D eigenvalue weighted by atomic mass is 10.0. The van der Waals surface area contributed by atoms with Crippen LogP contribution in [0.4, 0.5) is 0 Å². The van der Waals surface area contributed by atoms with Gasteiger partial charge in [-0.25, -0.2) is 0 Å². The van der Waals surface area contributed by atoms with Crippen LogP contribution in [-0.4, -0.2) is 9.13 Å². The number of para-hydroxylation sites is 2. The summed E-state index contributed by atoms with van der Waals surface area (Å²) >= 11 is 0. The molecule has 0 saturated carbocycles. The molecule has 0 radical (unpaired) electrons. The standard InChI is InChI=1S/C52H30N2O/c1-2-11-31(12-3-1)32-21-23-33(24-22-32)53-44-19-8-6-15-36(44)40-25-26-43-49-46(30-28-41-37-16-7-9-20-47(37)55-52(41)49)54(51(43)50(40)53)45-29-27-39-35-14-5-4-13-34(35)38-17-10-18-42(45)48(38)39/h1-30H. The molecule has 3 aromatic heterocycles. The second kappa shape index (κ2) is 10.6. The summed E-state index contributed by atoms with van der Waals surface area (Å²) < 4.78 is 11.8. The van der Waals surface area contributed by atoms with Crippen LogP contribution in [0, 0.1) is 0 Å². The third kappa shape index (κ3) is 3.79. The van der Waals surface area contributed by atoms with Gasteiger partial charge in [0, 0.05) is 38.0 Å².